The largest absolute Gasteiger partial charge is 0.481 e. The van der Waals surface area contributed by atoms with Crippen molar-refractivity contribution < 1.29 is 14.7 Å². The molecule has 0 radical (unpaired) electrons. The van der Waals surface area contributed by atoms with E-state index in [4.69, 9.17) is 5.11 Å². The number of hydrogen-bond acceptors (Lipinski definition) is 2. The number of piperidine rings is 1. The Hall–Kier alpha value is -1.06. The SMILES string of the molecule is CCC1CCCN(C(=O)CC(C)CC(=O)O)C1. The van der Waals surface area contributed by atoms with Crippen LogP contribution in [0.1, 0.15) is 46.0 Å². The number of likely N-dealkylation sites (tertiary alicyclic amines) is 1. The van der Waals surface area contributed by atoms with E-state index in [2.05, 4.69) is 6.92 Å². The molecular weight excluding hydrogens is 218 g/mol. The van der Waals surface area contributed by atoms with Crippen LogP contribution in [0, 0.1) is 11.8 Å². The fourth-order valence-corrected chi connectivity index (χ4v) is 2.42. The zero-order valence-corrected chi connectivity index (χ0v) is 10.8. The number of nitrogens with zero attached hydrogens (tertiary/aromatic N) is 1. The lowest BCUT2D eigenvalue weighted by Gasteiger charge is -2.33. The molecule has 1 aliphatic heterocycles. The smallest absolute Gasteiger partial charge is 0.303 e. The standard InChI is InChI=1S/C13H23NO3/c1-3-11-5-4-6-14(9-11)12(15)7-10(2)8-13(16)17/h10-11H,3-9H2,1-2H3,(H,16,17). The van der Waals surface area contributed by atoms with Crippen molar-refractivity contribution in [2.45, 2.75) is 46.0 Å². The minimum Gasteiger partial charge on any atom is -0.481 e. The molecule has 1 saturated heterocycles. The summed E-state index contributed by atoms with van der Waals surface area (Å²) < 4.78 is 0. The summed E-state index contributed by atoms with van der Waals surface area (Å²) in [5.74, 6) is -0.142. The van der Waals surface area contributed by atoms with E-state index in [0.29, 0.717) is 12.3 Å². The second-order valence-corrected chi connectivity index (χ2v) is 5.16. The van der Waals surface area contributed by atoms with Gasteiger partial charge in [0.15, 0.2) is 0 Å². The number of aliphatic carboxylic acids is 1. The first kappa shape index (κ1) is 14.0. The Morgan fingerprint density at radius 1 is 1.41 bits per heavy atom. The van der Waals surface area contributed by atoms with E-state index in [0.717, 1.165) is 25.9 Å². The molecule has 98 valence electrons. The topological polar surface area (TPSA) is 57.6 Å². The van der Waals surface area contributed by atoms with E-state index in [-0.39, 0.29) is 18.2 Å². The lowest BCUT2D eigenvalue weighted by Crippen LogP contribution is -2.40. The van der Waals surface area contributed by atoms with E-state index >= 15 is 0 Å². The van der Waals surface area contributed by atoms with Crippen LogP contribution in [0.25, 0.3) is 0 Å². The van der Waals surface area contributed by atoms with Crippen molar-refractivity contribution in [2.75, 3.05) is 13.1 Å². The summed E-state index contributed by atoms with van der Waals surface area (Å²) in [6, 6.07) is 0. The van der Waals surface area contributed by atoms with Crippen molar-refractivity contribution in [1.29, 1.82) is 0 Å². The second-order valence-electron chi connectivity index (χ2n) is 5.16. The molecule has 1 rings (SSSR count). The number of carbonyl (C=O) groups is 2. The summed E-state index contributed by atoms with van der Waals surface area (Å²) in [6.45, 7) is 5.68. The molecule has 1 fully saturated rings. The highest BCUT2D eigenvalue weighted by atomic mass is 16.4. The highest BCUT2D eigenvalue weighted by Crippen LogP contribution is 2.21. The number of hydrogen-bond donors (Lipinski definition) is 1. The van der Waals surface area contributed by atoms with Crippen LogP contribution in [-0.4, -0.2) is 35.0 Å². The average molecular weight is 241 g/mol. The Kier molecular flexibility index (Phi) is 5.45. The minimum atomic E-state index is -0.824. The molecule has 0 saturated carbocycles. The lowest BCUT2D eigenvalue weighted by atomic mass is 9.94. The number of rotatable bonds is 5. The number of carbonyl (C=O) groups excluding carboxylic acids is 1. The van der Waals surface area contributed by atoms with Gasteiger partial charge in [0.25, 0.3) is 0 Å². The van der Waals surface area contributed by atoms with Crippen LogP contribution < -0.4 is 0 Å². The Morgan fingerprint density at radius 3 is 2.71 bits per heavy atom. The summed E-state index contributed by atoms with van der Waals surface area (Å²) in [6.07, 6.45) is 3.86. The summed E-state index contributed by atoms with van der Waals surface area (Å²) >= 11 is 0. The van der Waals surface area contributed by atoms with E-state index < -0.39 is 5.97 Å². The monoisotopic (exact) mass is 241 g/mol. The third-order valence-electron chi connectivity index (χ3n) is 3.50. The van der Waals surface area contributed by atoms with Crippen molar-refractivity contribution >= 4 is 11.9 Å². The number of carboxylic acid groups (broad SMARTS) is 1. The van der Waals surface area contributed by atoms with Crippen molar-refractivity contribution in [3.8, 4) is 0 Å². The van der Waals surface area contributed by atoms with Crippen LogP contribution >= 0.6 is 0 Å². The molecule has 4 nitrogen and oxygen atoms in total. The van der Waals surface area contributed by atoms with Gasteiger partial charge < -0.3 is 10.0 Å². The first-order valence-corrected chi connectivity index (χ1v) is 6.52. The molecule has 1 N–H and O–H groups in total. The summed E-state index contributed by atoms with van der Waals surface area (Å²) in [7, 11) is 0. The molecule has 0 aromatic heterocycles. The van der Waals surface area contributed by atoms with Gasteiger partial charge in [-0.2, -0.15) is 0 Å². The average Bonchev–Trinajstić information content (AvgIpc) is 2.27. The van der Waals surface area contributed by atoms with E-state index in [9.17, 15) is 9.59 Å². The van der Waals surface area contributed by atoms with Gasteiger partial charge in [-0.15, -0.1) is 0 Å². The third kappa shape index (κ3) is 4.75. The summed E-state index contributed by atoms with van der Waals surface area (Å²) in [5.41, 5.74) is 0. The van der Waals surface area contributed by atoms with Gasteiger partial charge in [0.2, 0.25) is 5.91 Å². The fourth-order valence-electron chi connectivity index (χ4n) is 2.42. The van der Waals surface area contributed by atoms with Crippen molar-refractivity contribution in [3.05, 3.63) is 0 Å². The van der Waals surface area contributed by atoms with E-state index in [1.54, 1.807) is 0 Å². The van der Waals surface area contributed by atoms with Crippen molar-refractivity contribution in [3.63, 3.8) is 0 Å². The van der Waals surface area contributed by atoms with Crippen LogP contribution in [0.15, 0.2) is 0 Å². The van der Waals surface area contributed by atoms with E-state index in [1.165, 1.54) is 6.42 Å². The van der Waals surface area contributed by atoms with Gasteiger partial charge in [0.1, 0.15) is 0 Å². The normalized spacial score (nSPS) is 22.2. The van der Waals surface area contributed by atoms with Crippen molar-refractivity contribution in [1.82, 2.24) is 4.90 Å². The molecule has 0 bridgehead atoms. The number of amides is 1. The van der Waals surface area contributed by atoms with Crippen LogP contribution in [0.3, 0.4) is 0 Å². The molecule has 2 unspecified atom stereocenters. The molecule has 0 aliphatic carbocycles. The van der Waals surface area contributed by atoms with Gasteiger partial charge in [0, 0.05) is 25.9 Å². The first-order chi connectivity index (χ1) is 8.02. The quantitative estimate of drug-likeness (QED) is 0.802. The van der Waals surface area contributed by atoms with Gasteiger partial charge >= 0.3 is 5.97 Å². The van der Waals surface area contributed by atoms with Gasteiger partial charge in [0.05, 0.1) is 0 Å². The van der Waals surface area contributed by atoms with Crippen LogP contribution in [-0.2, 0) is 9.59 Å². The van der Waals surface area contributed by atoms with Gasteiger partial charge in [-0.3, -0.25) is 9.59 Å². The Balaban J connectivity index is 2.38. The predicted molar refractivity (Wildman–Crippen MR) is 65.6 cm³/mol. The molecule has 0 aromatic rings. The Bertz CT molecular complexity index is 278. The zero-order valence-electron chi connectivity index (χ0n) is 10.8. The van der Waals surface area contributed by atoms with Crippen LogP contribution in [0.5, 0.6) is 0 Å². The number of carboxylic acids is 1. The molecule has 1 amide bonds. The molecule has 2 atom stereocenters. The molecule has 1 heterocycles. The van der Waals surface area contributed by atoms with Crippen LogP contribution in [0.2, 0.25) is 0 Å². The molecule has 0 spiro atoms. The molecule has 17 heavy (non-hydrogen) atoms. The lowest BCUT2D eigenvalue weighted by molar-refractivity contribution is -0.139. The summed E-state index contributed by atoms with van der Waals surface area (Å²) in [4.78, 5) is 24.4. The Labute approximate surface area is 103 Å². The zero-order chi connectivity index (χ0) is 12.8. The maximum atomic E-state index is 12.0. The fraction of sp³-hybridized carbons (Fsp3) is 0.846. The molecule has 1 aliphatic rings. The third-order valence-corrected chi connectivity index (χ3v) is 3.50. The van der Waals surface area contributed by atoms with Gasteiger partial charge in [-0.05, 0) is 24.7 Å². The van der Waals surface area contributed by atoms with Gasteiger partial charge in [-0.1, -0.05) is 20.3 Å². The maximum absolute atomic E-state index is 12.0. The highest BCUT2D eigenvalue weighted by Gasteiger charge is 2.23. The molecular formula is C13H23NO3. The molecule has 0 aromatic carbocycles. The predicted octanol–water partition coefficient (Wildman–Crippen LogP) is 2.14. The second kappa shape index (κ2) is 6.62. The van der Waals surface area contributed by atoms with Crippen LogP contribution in [0.4, 0.5) is 0 Å². The highest BCUT2D eigenvalue weighted by molar-refractivity contribution is 5.77. The molecule has 4 heteroatoms. The summed E-state index contributed by atoms with van der Waals surface area (Å²) in [5, 5.41) is 8.66. The van der Waals surface area contributed by atoms with E-state index in [1.807, 2.05) is 11.8 Å². The Morgan fingerprint density at radius 2 is 2.12 bits per heavy atom. The maximum Gasteiger partial charge on any atom is 0.303 e. The van der Waals surface area contributed by atoms with Crippen molar-refractivity contribution in [2.24, 2.45) is 11.8 Å². The van der Waals surface area contributed by atoms with Gasteiger partial charge in [-0.25, -0.2) is 0 Å². The first-order valence-electron chi connectivity index (χ1n) is 6.52. The minimum absolute atomic E-state index is 0.0676.